The molecule has 3 aliphatic rings. The van der Waals surface area contributed by atoms with Crippen molar-refractivity contribution in [2.24, 2.45) is 17.8 Å². The van der Waals surface area contributed by atoms with Crippen molar-refractivity contribution in [1.82, 2.24) is 0 Å². The number of carbonyl (C=O) groups is 2. The Kier molecular flexibility index (Phi) is 3.46. The predicted molar refractivity (Wildman–Crippen MR) is 82.0 cm³/mol. The molecule has 1 fully saturated rings. The molecule has 22 heavy (non-hydrogen) atoms. The van der Waals surface area contributed by atoms with Gasteiger partial charge in [0.15, 0.2) is 17.2 Å². The normalized spacial score (nSPS) is 47.8. The van der Waals surface area contributed by atoms with Gasteiger partial charge in [-0.05, 0) is 69.1 Å². The third kappa shape index (κ3) is 2.48. The Morgan fingerprint density at radius 2 is 1.82 bits per heavy atom. The highest BCUT2D eigenvalue weighted by atomic mass is 16.3. The molecule has 0 spiro atoms. The van der Waals surface area contributed by atoms with Crippen molar-refractivity contribution in [2.75, 3.05) is 0 Å². The third-order valence-corrected chi connectivity index (χ3v) is 5.46. The number of aliphatic hydroxyl groups is 2. The van der Waals surface area contributed by atoms with E-state index in [0.717, 1.165) is 19.3 Å². The maximum atomic E-state index is 12.8. The van der Waals surface area contributed by atoms with E-state index in [0.29, 0.717) is 23.8 Å². The fraction of sp³-hybridized carbons (Fsp3) is 0.667. The van der Waals surface area contributed by atoms with E-state index in [9.17, 15) is 19.8 Å². The van der Waals surface area contributed by atoms with Gasteiger partial charge in [-0.15, -0.1) is 0 Å². The highest BCUT2D eigenvalue weighted by molar-refractivity contribution is 6.19. The van der Waals surface area contributed by atoms with Crippen LogP contribution in [0.25, 0.3) is 0 Å². The van der Waals surface area contributed by atoms with Crippen LogP contribution in [0.3, 0.4) is 0 Å². The molecule has 0 aromatic rings. The number of allylic oxidation sites excluding steroid dienone is 1. The molecule has 0 radical (unpaired) electrons. The average molecular weight is 304 g/mol. The van der Waals surface area contributed by atoms with Crippen LogP contribution in [0.15, 0.2) is 23.3 Å². The molecule has 1 saturated carbocycles. The summed E-state index contributed by atoms with van der Waals surface area (Å²) in [4.78, 5) is 25.1. The Balaban J connectivity index is 2.06. The molecule has 120 valence electrons. The molecule has 0 aliphatic heterocycles. The van der Waals surface area contributed by atoms with E-state index in [1.165, 1.54) is 12.2 Å². The number of Topliss-reactive ketones (excluding diaryl/α,β-unsaturated/α-hetero) is 2. The van der Waals surface area contributed by atoms with Gasteiger partial charge in [-0.3, -0.25) is 9.59 Å². The maximum absolute atomic E-state index is 12.8. The minimum atomic E-state index is -1.88. The van der Waals surface area contributed by atoms with Gasteiger partial charge in [-0.2, -0.15) is 0 Å². The molecule has 0 amide bonds. The van der Waals surface area contributed by atoms with E-state index < -0.39 is 11.2 Å². The van der Waals surface area contributed by atoms with Crippen LogP contribution >= 0.6 is 0 Å². The SMILES string of the molecule is CC1=C[C@@]2(O)C(=O)[C@H](C)C[C@H]3C[C@H]3CC[C@](C)(O)/C=C\2C1=O. The fourth-order valence-electron chi connectivity index (χ4n) is 3.97. The summed E-state index contributed by atoms with van der Waals surface area (Å²) in [6.45, 7) is 5.07. The lowest BCUT2D eigenvalue weighted by atomic mass is 9.82. The molecule has 3 rings (SSSR count). The van der Waals surface area contributed by atoms with Crippen molar-refractivity contribution in [1.29, 1.82) is 0 Å². The van der Waals surface area contributed by atoms with Gasteiger partial charge in [0.1, 0.15) is 0 Å². The first kappa shape index (κ1) is 15.6. The van der Waals surface area contributed by atoms with Crippen molar-refractivity contribution >= 4 is 11.6 Å². The van der Waals surface area contributed by atoms with Crippen molar-refractivity contribution in [3.63, 3.8) is 0 Å². The summed E-state index contributed by atoms with van der Waals surface area (Å²) in [5, 5.41) is 21.5. The van der Waals surface area contributed by atoms with Crippen molar-refractivity contribution in [2.45, 2.75) is 57.7 Å². The van der Waals surface area contributed by atoms with Gasteiger partial charge in [0.05, 0.1) is 5.60 Å². The Hall–Kier alpha value is -1.26. The van der Waals surface area contributed by atoms with Crippen LogP contribution in [0.2, 0.25) is 0 Å². The summed E-state index contributed by atoms with van der Waals surface area (Å²) in [7, 11) is 0. The van der Waals surface area contributed by atoms with Crippen LogP contribution in [0.4, 0.5) is 0 Å². The summed E-state index contributed by atoms with van der Waals surface area (Å²) in [5.74, 6) is 0.101. The molecular formula is C18H24O4. The Bertz CT molecular complexity index is 598. The minimum Gasteiger partial charge on any atom is -0.386 e. The van der Waals surface area contributed by atoms with Gasteiger partial charge in [0.2, 0.25) is 0 Å². The van der Waals surface area contributed by atoms with Gasteiger partial charge < -0.3 is 10.2 Å². The van der Waals surface area contributed by atoms with Gasteiger partial charge in [0, 0.05) is 11.5 Å². The van der Waals surface area contributed by atoms with E-state index in [1.807, 2.05) is 6.92 Å². The van der Waals surface area contributed by atoms with Crippen LogP contribution in [0.1, 0.15) is 46.5 Å². The smallest absolute Gasteiger partial charge is 0.188 e. The second kappa shape index (κ2) is 4.87. The summed E-state index contributed by atoms with van der Waals surface area (Å²) in [6, 6.07) is 0. The zero-order chi connectivity index (χ0) is 16.3. The molecule has 0 aromatic carbocycles. The molecular weight excluding hydrogens is 280 g/mol. The van der Waals surface area contributed by atoms with E-state index in [1.54, 1.807) is 13.8 Å². The highest BCUT2D eigenvalue weighted by Gasteiger charge is 2.50. The standard InChI is InChI=1S/C18H24O4/c1-10-6-13-7-12(13)4-5-17(3,21)9-14-15(19)11(2)8-18(14,22)16(10)20/h8-10,12-13,21-22H,4-7H2,1-3H3/b14-9-/t10-,12-,13+,17+,18+/m1/s1. The Morgan fingerprint density at radius 1 is 1.14 bits per heavy atom. The zero-order valence-corrected chi connectivity index (χ0v) is 13.4. The Morgan fingerprint density at radius 3 is 2.50 bits per heavy atom. The summed E-state index contributed by atoms with van der Waals surface area (Å²) < 4.78 is 0. The first-order chi connectivity index (χ1) is 10.1. The first-order valence-corrected chi connectivity index (χ1v) is 8.10. The molecule has 3 aliphatic carbocycles. The average Bonchev–Trinajstić information content (AvgIpc) is 3.13. The first-order valence-electron chi connectivity index (χ1n) is 8.10. The molecule has 2 N–H and O–H groups in total. The van der Waals surface area contributed by atoms with E-state index in [4.69, 9.17) is 0 Å². The van der Waals surface area contributed by atoms with Crippen LogP contribution in [0, 0.1) is 17.8 Å². The van der Waals surface area contributed by atoms with Gasteiger partial charge in [0.25, 0.3) is 0 Å². The number of rotatable bonds is 0. The van der Waals surface area contributed by atoms with Crippen molar-refractivity contribution in [3.05, 3.63) is 23.3 Å². The third-order valence-electron chi connectivity index (χ3n) is 5.46. The van der Waals surface area contributed by atoms with Gasteiger partial charge in [-0.1, -0.05) is 6.92 Å². The molecule has 0 saturated heterocycles. The number of hydrogen-bond donors (Lipinski definition) is 2. The molecule has 4 heteroatoms. The number of fused-ring (bicyclic) bond motifs is 2. The number of carbonyl (C=O) groups excluding carboxylic acids is 2. The molecule has 0 heterocycles. The quantitative estimate of drug-likeness (QED) is 0.717. The van der Waals surface area contributed by atoms with Gasteiger partial charge in [-0.25, -0.2) is 0 Å². The lowest BCUT2D eigenvalue weighted by Gasteiger charge is -2.27. The monoisotopic (exact) mass is 304 g/mol. The maximum Gasteiger partial charge on any atom is 0.188 e. The molecule has 0 bridgehead atoms. The zero-order valence-electron chi connectivity index (χ0n) is 13.4. The van der Waals surface area contributed by atoms with Crippen LogP contribution < -0.4 is 0 Å². The highest BCUT2D eigenvalue weighted by Crippen LogP contribution is 2.49. The van der Waals surface area contributed by atoms with E-state index >= 15 is 0 Å². The second-order valence-corrected chi connectivity index (χ2v) is 7.63. The second-order valence-electron chi connectivity index (χ2n) is 7.63. The molecule has 5 atom stereocenters. The number of hydrogen-bond acceptors (Lipinski definition) is 4. The number of ketones is 2. The lowest BCUT2D eigenvalue weighted by molar-refractivity contribution is -0.135. The predicted octanol–water partition coefficient (Wildman–Crippen LogP) is 1.95. The molecule has 0 aromatic heterocycles. The molecule has 4 nitrogen and oxygen atoms in total. The van der Waals surface area contributed by atoms with E-state index in [-0.39, 0.29) is 23.1 Å². The molecule has 0 unspecified atom stereocenters. The van der Waals surface area contributed by atoms with Crippen LogP contribution in [0.5, 0.6) is 0 Å². The van der Waals surface area contributed by atoms with Crippen LogP contribution in [-0.4, -0.2) is 33.0 Å². The van der Waals surface area contributed by atoms with Crippen LogP contribution in [-0.2, 0) is 9.59 Å². The summed E-state index contributed by atoms with van der Waals surface area (Å²) >= 11 is 0. The fourth-order valence-corrected chi connectivity index (χ4v) is 3.97. The van der Waals surface area contributed by atoms with Gasteiger partial charge >= 0.3 is 0 Å². The minimum absolute atomic E-state index is 0.0300. The largest absolute Gasteiger partial charge is 0.386 e. The van der Waals surface area contributed by atoms with E-state index in [2.05, 4.69) is 0 Å². The van der Waals surface area contributed by atoms with Crippen molar-refractivity contribution in [3.8, 4) is 0 Å². The summed E-state index contributed by atoms with van der Waals surface area (Å²) in [5.41, 5.74) is -2.66. The van der Waals surface area contributed by atoms with Crippen molar-refractivity contribution < 1.29 is 19.8 Å². The lowest BCUT2D eigenvalue weighted by Crippen LogP contribution is -2.42. The topological polar surface area (TPSA) is 74.6 Å². The summed E-state index contributed by atoms with van der Waals surface area (Å²) in [6.07, 6.45) is 6.05. The Labute approximate surface area is 130 Å².